The van der Waals surface area contributed by atoms with E-state index in [0.717, 1.165) is 12.1 Å². The van der Waals surface area contributed by atoms with Crippen LogP contribution in [0.15, 0.2) is 0 Å². The summed E-state index contributed by atoms with van der Waals surface area (Å²) in [5.41, 5.74) is 0.359. The monoisotopic (exact) mass is 226 g/mol. The van der Waals surface area contributed by atoms with E-state index in [1.54, 1.807) is 0 Å². The fourth-order valence-electron chi connectivity index (χ4n) is 3.14. The van der Waals surface area contributed by atoms with Crippen LogP contribution in [0.3, 0.4) is 0 Å². The molecule has 16 heavy (non-hydrogen) atoms. The van der Waals surface area contributed by atoms with Crippen LogP contribution >= 0.6 is 0 Å². The number of nitrogens with one attached hydrogen (secondary N) is 1. The van der Waals surface area contributed by atoms with Gasteiger partial charge in [-0.25, -0.2) is 0 Å². The first-order valence-electron chi connectivity index (χ1n) is 7.07. The summed E-state index contributed by atoms with van der Waals surface area (Å²) in [5.74, 6) is 0. The number of hydrogen-bond donors (Lipinski definition) is 1. The molecule has 2 aliphatic rings. The van der Waals surface area contributed by atoms with Crippen molar-refractivity contribution in [3.8, 4) is 0 Å². The summed E-state index contributed by atoms with van der Waals surface area (Å²) in [4.78, 5) is 2.62. The average molecular weight is 226 g/mol. The maximum Gasteiger partial charge on any atom is 0.0125 e. The molecular formula is C14H30N2. The van der Waals surface area contributed by atoms with E-state index in [1.165, 1.54) is 51.6 Å². The minimum atomic E-state index is 0. The van der Waals surface area contributed by atoms with Gasteiger partial charge in [-0.3, -0.25) is 4.90 Å². The molecule has 0 amide bonds. The number of rotatable bonds is 2. The van der Waals surface area contributed by atoms with Crippen LogP contribution in [0.2, 0.25) is 0 Å². The predicted octanol–water partition coefficient (Wildman–Crippen LogP) is 3.03. The smallest absolute Gasteiger partial charge is 0.0125 e. The van der Waals surface area contributed by atoms with Crippen LogP contribution in [0.25, 0.3) is 0 Å². The van der Waals surface area contributed by atoms with E-state index in [4.69, 9.17) is 0 Å². The lowest BCUT2D eigenvalue weighted by atomic mass is 9.97. The van der Waals surface area contributed by atoms with Gasteiger partial charge in [0.1, 0.15) is 0 Å². The fraction of sp³-hybridized carbons (Fsp3) is 1.00. The van der Waals surface area contributed by atoms with E-state index in [9.17, 15) is 0 Å². The zero-order valence-corrected chi connectivity index (χ0v) is 11.3. The Morgan fingerprint density at radius 3 is 1.94 bits per heavy atom. The van der Waals surface area contributed by atoms with Crippen molar-refractivity contribution in [3.63, 3.8) is 0 Å². The van der Waals surface area contributed by atoms with Crippen LogP contribution in [-0.2, 0) is 0 Å². The molecule has 0 aromatic carbocycles. The molecular weight excluding hydrogens is 196 g/mol. The van der Waals surface area contributed by atoms with Crippen molar-refractivity contribution in [1.29, 1.82) is 0 Å². The van der Waals surface area contributed by atoms with E-state index in [2.05, 4.69) is 31.0 Å². The Morgan fingerprint density at radius 1 is 0.938 bits per heavy atom. The highest BCUT2D eigenvalue weighted by molar-refractivity contribution is 4.86. The predicted molar refractivity (Wildman–Crippen MR) is 71.9 cm³/mol. The molecule has 0 aromatic rings. The molecule has 1 heterocycles. The van der Waals surface area contributed by atoms with Gasteiger partial charge in [-0.05, 0) is 46.5 Å². The Bertz CT molecular complexity index is 211. The molecule has 0 radical (unpaired) electrons. The van der Waals surface area contributed by atoms with Crippen LogP contribution < -0.4 is 5.32 Å². The Labute approximate surface area is 102 Å². The van der Waals surface area contributed by atoms with Gasteiger partial charge in [0.25, 0.3) is 0 Å². The molecule has 2 rings (SSSR count). The lowest BCUT2D eigenvalue weighted by Crippen LogP contribution is -2.51. The number of piperidine rings is 1. The molecule has 1 saturated carbocycles. The Morgan fingerprint density at radius 2 is 1.44 bits per heavy atom. The van der Waals surface area contributed by atoms with Crippen LogP contribution in [0.4, 0.5) is 0 Å². The number of nitrogens with zero attached hydrogens (tertiary/aromatic N) is 1. The molecule has 1 aliphatic carbocycles. The first-order chi connectivity index (χ1) is 7.55. The second kappa shape index (κ2) is 5.05. The zero-order chi connectivity index (χ0) is 11.6. The standard InChI is InChI=1S/C14H28N2.H2/c1-14(2,3)16-10-8-13(9-11-16)15-12-6-4-5-7-12;/h12-13,15H,4-11H2,1-3H3;1H. The van der Waals surface area contributed by atoms with Crippen molar-refractivity contribution < 1.29 is 1.43 Å². The Kier molecular flexibility index (Phi) is 3.91. The van der Waals surface area contributed by atoms with Crippen molar-refractivity contribution in [2.45, 2.75) is 76.9 Å². The molecule has 1 saturated heterocycles. The summed E-state index contributed by atoms with van der Waals surface area (Å²) < 4.78 is 0. The largest absolute Gasteiger partial charge is 0.311 e. The van der Waals surface area contributed by atoms with E-state index in [-0.39, 0.29) is 1.43 Å². The van der Waals surface area contributed by atoms with Gasteiger partial charge in [-0.1, -0.05) is 12.8 Å². The molecule has 96 valence electrons. The van der Waals surface area contributed by atoms with Crippen LogP contribution in [-0.4, -0.2) is 35.6 Å². The van der Waals surface area contributed by atoms with Crippen LogP contribution in [0.5, 0.6) is 0 Å². The third-order valence-electron chi connectivity index (χ3n) is 4.27. The van der Waals surface area contributed by atoms with Gasteiger partial charge < -0.3 is 5.32 Å². The molecule has 2 heteroatoms. The third-order valence-corrected chi connectivity index (χ3v) is 4.27. The molecule has 0 unspecified atom stereocenters. The van der Waals surface area contributed by atoms with Gasteiger partial charge in [0.2, 0.25) is 0 Å². The van der Waals surface area contributed by atoms with E-state index >= 15 is 0 Å². The highest BCUT2D eigenvalue weighted by Gasteiger charge is 2.28. The zero-order valence-electron chi connectivity index (χ0n) is 11.3. The van der Waals surface area contributed by atoms with Crippen molar-refractivity contribution in [1.82, 2.24) is 10.2 Å². The highest BCUT2D eigenvalue weighted by Crippen LogP contribution is 2.23. The summed E-state index contributed by atoms with van der Waals surface area (Å²) in [6, 6.07) is 1.63. The third kappa shape index (κ3) is 3.21. The van der Waals surface area contributed by atoms with E-state index < -0.39 is 0 Å². The SMILES string of the molecule is CC(C)(C)N1CCC(NC2CCCC2)CC1.[HH]. The Hall–Kier alpha value is -0.0800. The van der Waals surface area contributed by atoms with Crippen molar-refractivity contribution in [3.05, 3.63) is 0 Å². The first kappa shape index (κ1) is 12.4. The maximum absolute atomic E-state index is 3.86. The molecule has 0 bridgehead atoms. The van der Waals surface area contributed by atoms with E-state index in [1.807, 2.05) is 0 Å². The minimum absolute atomic E-state index is 0. The van der Waals surface area contributed by atoms with Crippen molar-refractivity contribution in [2.75, 3.05) is 13.1 Å². The summed E-state index contributed by atoms with van der Waals surface area (Å²) >= 11 is 0. The average Bonchev–Trinajstić information content (AvgIpc) is 2.70. The second-order valence-electron chi connectivity index (χ2n) is 6.58. The number of hydrogen-bond acceptors (Lipinski definition) is 2. The lowest BCUT2D eigenvalue weighted by Gasteiger charge is -2.41. The summed E-state index contributed by atoms with van der Waals surface area (Å²) in [5, 5.41) is 3.86. The van der Waals surface area contributed by atoms with Gasteiger partial charge in [0.05, 0.1) is 0 Å². The van der Waals surface area contributed by atoms with Crippen LogP contribution in [0, 0.1) is 0 Å². The topological polar surface area (TPSA) is 15.3 Å². The van der Waals surface area contributed by atoms with Crippen molar-refractivity contribution >= 4 is 0 Å². The Balaban J connectivity index is 0.00000144. The number of likely N-dealkylation sites (tertiary alicyclic amines) is 1. The van der Waals surface area contributed by atoms with Crippen LogP contribution in [0.1, 0.15) is 60.7 Å². The van der Waals surface area contributed by atoms with Gasteiger partial charge in [-0.2, -0.15) is 0 Å². The molecule has 0 atom stereocenters. The minimum Gasteiger partial charge on any atom is -0.311 e. The van der Waals surface area contributed by atoms with Gasteiger partial charge in [0.15, 0.2) is 0 Å². The van der Waals surface area contributed by atoms with Crippen molar-refractivity contribution in [2.24, 2.45) is 0 Å². The van der Waals surface area contributed by atoms with Gasteiger partial charge >= 0.3 is 0 Å². The highest BCUT2D eigenvalue weighted by atomic mass is 15.2. The molecule has 2 nitrogen and oxygen atoms in total. The summed E-state index contributed by atoms with van der Waals surface area (Å²) in [6.07, 6.45) is 8.40. The first-order valence-corrected chi connectivity index (χ1v) is 7.07. The molecule has 1 N–H and O–H groups in total. The maximum atomic E-state index is 3.86. The molecule has 2 fully saturated rings. The molecule has 0 spiro atoms. The quantitative estimate of drug-likeness (QED) is 0.778. The molecule has 0 aromatic heterocycles. The van der Waals surface area contributed by atoms with E-state index in [0.29, 0.717) is 5.54 Å². The summed E-state index contributed by atoms with van der Waals surface area (Å²) in [6.45, 7) is 9.54. The molecule has 1 aliphatic heterocycles. The second-order valence-corrected chi connectivity index (χ2v) is 6.58. The van der Waals surface area contributed by atoms with Gasteiger partial charge in [0, 0.05) is 32.1 Å². The van der Waals surface area contributed by atoms with Gasteiger partial charge in [-0.15, -0.1) is 0 Å². The summed E-state index contributed by atoms with van der Waals surface area (Å²) in [7, 11) is 0. The fourth-order valence-corrected chi connectivity index (χ4v) is 3.14. The normalized spacial score (nSPS) is 26.4. The lowest BCUT2D eigenvalue weighted by molar-refractivity contribution is 0.0939.